The van der Waals surface area contributed by atoms with E-state index in [4.69, 9.17) is 37.0 Å². The van der Waals surface area contributed by atoms with Gasteiger partial charge in [-0.05, 0) is 128 Å². The van der Waals surface area contributed by atoms with Crippen LogP contribution < -0.4 is 0 Å². The van der Waals surface area contributed by atoms with Gasteiger partial charge < -0.3 is 33.8 Å². The molecule has 0 aromatic carbocycles. The molecular weight excluding hydrogens is 1230 g/mol. The van der Waals surface area contributed by atoms with Crippen LogP contribution in [0, 0.1) is 0 Å². The van der Waals surface area contributed by atoms with Crippen molar-refractivity contribution in [3.63, 3.8) is 0 Å². The second kappa shape index (κ2) is 67.8. The zero-order chi connectivity index (χ0) is 69.0. The van der Waals surface area contributed by atoms with E-state index in [-0.39, 0.29) is 25.7 Å². The van der Waals surface area contributed by atoms with Gasteiger partial charge in [0.2, 0.25) is 0 Å². The minimum Gasteiger partial charge on any atom is -0.462 e. The average Bonchev–Trinajstić information content (AvgIpc) is 1.24. The van der Waals surface area contributed by atoms with E-state index in [1.54, 1.807) is 0 Å². The standard InChI is InChI=1S/C75H132O17P2/c1-5-9-13-17-21-25-29-31-32-33-34-35-36-38-42-44-48-52-56-60-73(78)86-66-71(92-75(80)62-58-54-50-46-40-28-24-20-16-12-8-4)68-90-94(83,84)88-64-69(76)63-87-93(81,82)89-67-70(91-74(79)61-57-53-49-45-39-27-23-19-15-11-7-3)65-85-72(77)59-55-51-47-43-41-37-30-26-22-18-14-10-6-2/h9,13,19-21,23-26,30-32,34-35,69-71,76H,5-8,10-12,14-18,22,27-29,33,36-68H2,1-4H3,(H,81,82)(H,83,84)/b13-9-,23-19-,24-20-,25-21-,30-26-,32-31-,35-34-. The highest BCUT2D eigenvalue weighted by Crippen LogP contribution is 2.45. The molecule has 19 heteroatoms. The van der Waals surface area contributed by atoms with Crippen LogP contribution in [0.15, 0.2) is 85.1 Å². The van der Waals surface area contributed by atoms with Gasteiger partial charge in [0.1, 0.15) is 19.3 Å². The summed E-state index contributed by atoms with van der Waals surface area (Å²) in [6, 6.07) is 0. The van der Waals surface area contributed by atoms with E-state index in [1.165, 1.54) is 51.4 Å². The maximum atomic E-state index is 13.0. The molecule has 0 amide bonds. The first-order valence-electron chi connectivity index (χ1n) is 36.8. The van der Waals surface area contributed by atoms with Gasteiger partial charge in [0.05, 0.1) is 26.4 Å². The van der Waals surface area contributed by atoms with Gasteiger partial charge in [0, 0.05) is 25.7 Å². The van der Waals surface area contributed by atoms with Gasteiger partial charge in [-0.1, -0.05) is 241 Å². The summed E-state index contributed by atoms with van der Waals surface area (Å²) in [5, 5.41) is 10.6. The predicted octanol–water partition coefficient (Wildman–Crippen LogP) is 20.7. The van der Waals surface area contributed by atoms with Crippen LogP contribution >= 0.6 is 15.6 Å². The number of phosphoric ester groups is 2. The van der Waals surface area contributed by atoms with E-state index in [0.717, 1.165) is 180 Å². The van der Waals surface area contributed by atoms with Crippen LogP contribution in [0.1, 0.15) is 310 Å². The molecule has 0 radical (unpaired) electrons. The molecule has 0 aliphatic heterocycles. The Morgan fingerprint density at radius 3 is 0.894 bits per heavy atom. The summed E-state index contributed by atoms with van der Waals surface area (Å²) in [5.41, 5.74) is 0. The smallest absolute Gasteiger partial charge is 0.462 e. The molecule has 17 nitrogen and oxygen atoms in total. The predicted molar refractivity (Wildman–Crippen MR) is 381 cm³/mol. The summed E-state index contributed by atoms with van der Waals surface area (Å²) in [5.74, 6) is -2.21. The molecule has 0 rings (SSSR count). The van der Waals surface area contributed by atoms with Crippen LogP contribution in [0.3, 0.4) is 0 Å². The molecule has 0 aliphatic carbocycles. The van der Waals surface area contributed by atoms with Crippen molar-refractivity contribution < 1.29 is 80.2 Å². The van der Waals surface area contributed by atoms with Crippen LogP contribution in [0.25, 0.3) is 0 Å². The third kappa shape index (κ3) is 66.8. The molecule has 5 unspecified atom stereocenters. The van der Waals surface area contributed by atoms with Crippen molar-refractivity contribution in [3.8, 4) is 0 Å². The van der Waals surface area contributed by atoms with Crippen molar-refractivity contribution >= 4 is 39.5 Å². The molecule has 0 spiro atoms. The summed E-state index contributed by atoms with van der Waals surface area (Å²) >= 11 is 0. The molecule has 0 heterocycles. The van der Waals surface area contributed by atoms with Crippen molar-refractivity contribution in [2.75, 3.05) is 39.6 Å². The summed E-state index contributed by atoms with van der Waals surface area (Å²) in [7, 11) is -9.94. The van der Waals surface area contributed by atoms with Crippen molar-refractivity contribution in [2.24, 2.45) is 0 Å². The Labute approximate surface area is 570 Å². The number of rotatable bonds is 69. The molecule has 0 aromatic heterocycles. The third-order valence-corrected chi connectivity index (χ3v) is 17.2. The molecule has 0 aromatic rings. The fourth-order valence-corrected chi connectivity index (χ4v) is 11.2. The first-order chi connectivity index (χ1) is 45.7. The highest BCUT2D eigenvalue weighted by molar-refractivity contribution is 7.47. The Kier molecular flexibility index (Phi) is 65.1. The molecule has 0 fully saturated rings. The zero-order valence-electron chi connectivity index (χ0n) is 59.1. The highest BCUT2D eigenvalue weighted by Gasteiger charge is 2.30. The van der Waals surface area contributed by atoms with Gasteiger partial charge in [-0.3, -0.25) is 37.3 Å². The number of aliphatic hydroxyl groups is 1. The summed E-state index contributed by atoms with van der Waals surface area (Å²) < 4.78 is 68.3. The number of carbonyl (C=O) groups excluding carboxylic acids is 4. The van der Waals surface area contributed by atoms with E-state index >= 15 is 0 Å². The van der Waals surface area contributed by atoms with Gasteiger partial charge in [0.25, 0.3) is 0 Å². The maximum Gasteiger partial charge on any atom is 0.472 e. The van der Waals surface area contributed by atoms with Gasteiger partial charge in [-0.25, -0.2) is 9.13 Å². The number of hydrogen-bond acceptors (Lipinski definition) is 15. The minimum absolute atomic E-state index is 0.0816. The van der Waals surface area contributed by atoms with E-state index in [1.807, 2.05) is 0 Å². The largest absolute Gasteiger partial charge is 0.472 e. The lowest BCUT2D eigenvalue weighted by atomic mass is 10.1. The summed E-state index contributed by atoms with van der Waals surface area (Å²) in [6.07, 6.45) is 67.4. The van der Waals surface area contributed by atoms with Crippen molar-refractivity contribution in [2.45, 2.75) is 329 Å². The van der Waals surface area contributed by atoms with Crippen LogP contribution in [0.2, 0.25) is 0 Å². The highest BCUT2D eigenvalue weighted by atomic mass is 31.2. The molecule has 5 atom stereocenters. The first-order valence-corrected chi connectivity index (χ1v) is 39.8. The monoisotopic (exact) mass is 1370 g/mol. The number of ether oxygens (including phenoxy) is 4. The van der Waals surface area contributed by atoms with Crippen molar-refractivity contribution in [3.05, 3.63) is 85.1 Å². The topological polar surface area (TPSA) is 237 Å². The molecule has 94 heavy (non-hydrogen) atoms. The summed E-state index contributed by atoms with van der Waals surface area (Å²) in [4.78, 5) is 72.6. The van der Waals surface area contributed by atoms with Crippen LogP contribution in [0.4, 0.5) is 0 Å². The molecule has 0 aliphatic rings. The van der Waals surface area contributed by atoms with E-state index < -0.39 is 97.5 Å². The lowest BCUT2D eigenvalue weighted by molar-refractivity contribution is -0.161. The minimum atomic E-state index is -4.97. The Morgan fingerprint density at radius 1 is 0.309 bits per heavy atom. The fraction of sp³-hybridized carbons (Fsp3) is 0.760. The van der Waals surface area contributed by atoms with Gasteiger partial charge in [-0.2, -0.15) is 0 Å². The van der Waals surface area contributed by atoms with Crippen LogP contribution in [-0.2, 0) is 65.4 Å². The molecule has 0 bridgehead atoms. The first kappa shape index (κ1) is 90.2. The van der Waals surface area contributed by atoms with Crippen LogP contribution in [-0.4, -0.2) is 96.7 Å². The van der Waals surface area contributed by atoms with Crippen LogP contribution in [0.5, 0.6) is 0 Å². The maximum absolute atomic E-state index is 13.0. The number of allylic oxidation sites excluding steroid dienone is 14. The Balaban J connectivity index is 5.28. The number of esters is 4. The van der Waals surface area contributed by atoms with E-state index in [0.29, 0.717) is 25.7 Å². The van der Waals surface area contributed by atoms with E-state index in [2.05, 4.69) is 113 Å². The lowest BCUT2D eigenvalue weighted by Crippen LogP contribution is -2.30. The molecule has 544 valence electrons. The lowest BCUT2D eigenvalue weighted by Gasteiger charge is -2.21. The number of unbranched alkanes of at least 4 members (excludes halogenated alkanes) is 29. The van der Waals surface area contributed by atoms with Gasteiger partial charge >= 0.3 is 39.5 Å². The average molecular weight is 1370 g/mol. The normalized spacial score (nSPS) is 14.5. The number of phosphoric acid groups is 2. The number of carbonyl (C=O) groups is 4. The third-order valence-electron chi connectivity index (χ3n) is 15.3. The summed E-state index contributed by atoms with van der Waals surface area (Å²) in [6.45, 7) is 4.63. The SMILES string of the molecule is CC/C=C\C/C=C\C/C=C\C/C=C\CCCCCCCCC(=O)OCC(COP(=O)(O)OCC(O)COP(=O)(O)OCC(COC(=O)CCCCCCC/C=C\CCCCCC)OC(=O)CCCCCCC/C=C\CCCC)OC(=O)CCCCCCC/C=C\CCCC. The quantitative estimate of drug-likeness (QED) is 0.0169. The zero-order valence-corrected chi connectivity index (χ0v) is 60.9. The number of aliphatic hydroxyl groups excluding tert-OH is 1. The Morgan fingerprint density at radius 2 is 0.564 bits per heavy atom. The number of hydrogen-bond donors (Lipinski definition) is 3. The van der Waals surface area contributed by atoms with Crippen molar-refractivity contribution in [1.82, 2.24) is 0 Å². The van der Waals surface area contributed by atoms with E-state index in [9.17, 15) is 43.2 Å². The second-order valence-electron chi connectivity index (χ2n) is 24.5. The van der Waals surface area contributed by atoms with Gasteiger partial charge in [0.15, 0.2) is 12.2 Å². The fourth-order valence-electron chi connectivity index (χ4n) is 9.64. The molecule has 3 N–H and O–H groups in total. The van der Waals surface area contributed by atoms with Crippen molar-refractivity contribution in [1.29, 1.82) is 0 Å². The van der Waals surface area contributed by atoms with Gasteiger partial charge in [-0.15, -0.1) is 0 Å². The molecule has 0 saturated carbocycles. The molecule has 0 saturated heterocycles. The molecular formula is C75H132O17P2. The Hall–Kier alpha value is -3.76. The Bertz CT molecular complexity index is 2120. The second-order valence-corrected chi connectivity index (χ2v) is 27.4.